The van der Waals surface area contributed by atoms with Crippen molar-refractivity contribution in [3.05, 3.63) is 0 Å². The highest BCUT2D eigenvalue weighted by Gasteiger charge is 2.37. The fourth-order valence-corrected chi connectivity index (χ4v) is 3.30. The molecule has 1 rings (SSSR count). The molecule has 0 unspecified atom stereocenters. The minimum atomic E-state index is -1.19. The standard InChI is InChI=1S/C20H35N5O6/c1-11(2)8-13(18(29)23-10-16(27)28)24-15(26)9-22-19(30)14-6-5-7-25(14)20(31)17(21)12(3)4/h11-14,17H,5-10,21H2,1-4H3,(H,22,30)(H,23,29)(H,24,26)(H,27,28)/t13-,14-,17-/m0/s1. The zero-order chi connectivity index (χ0) is 23.7. The van der Waals surface area contributed by atoms with Gasteiger partial charge in [-0.2, -0.15) is 0 Å². The summed E-state index contributed by atoms with van der Waals surface area (Å²) in [6.45, 7) is 6.90. The fourth-order valence-electron chi connectivity index (χ4n) is 3.30. The van der Waals surface area contributed by atoms with Gasteiger partial charge in [0.25, 0.3) is 0 Å². The molecule has 0 bridgehead atoms. The Morgan fingerprint density at radius 2 is 1.71 bits per heavy atom. The van der Waals surface area contributed by atoms with Crippen LogP contribution >= 0.6 is 0 Å². The number of likely N-dealkylation sites (tertiary alicyclic amines) is 1. The van der Waals surface area contributed by atoms with Gasteiger partial charge in [-0.15, -0.1) is 0 Å². The molecule has 1 heterocycles. The number of amides is 4. The van der Waals surface area contributed by atoms with Crippen LogP contribution < -0.4 is 21.7 Å². The first kappa shape index (κ1) is 26.3. The van der Waals surface area contributed by atoms with Crippen molar-refractivity contribution < 1.29 is 29.1 Å². The Labute approximate surface area is 182 Å². The molecule has 1 aliphatic heterocycles. The van der Waals surface area contributed by atoms with Gasteiger partial charge in [-0.25, -0.2) is 0 Å². The van der Waals surface area contributed by atoms with Crippen LogP contribution in [0.1, 0.15) is 47.0 Å². The van der Waals surface area contributed by atoms with Crippen LogP contribution in [0.5, 0.6) is 0 Å². The van der Waals surface area contributed by atoms with Gasteiger partial charge in [0, 0.05) is 6.54 Å². The lowest BCUT2D eigenvalue weighted by Gasteiger charge is -2.28. The molecule has 11 nitrogen and oxygen atoms in total. The van der Waals surface area contributed by atoms with Crippen molar-refractivity contribution in [3.8, 4) is 0 Å². The second kappa shape index (κ2) is 12.2. The van der Waals surface area contributed by atoms with E-state index in [0.717, 1.165) is 0 Å². The highest BCUT2D eigenvalue weighted by molar-refractivity contribution is 5.94. The molecule has 3 atom stereocenters. The number of carbonyl (C=O) groups is 5. The minimum Gasteiger partial charge on any atom is -0.480 e. The first-order valence-corrected chi connectivity index (χ1v) is 10.6. The molecule has 0 aromatic heterocycles. The van der Waals surface area contributed by atoms with Crippen LogP contribution in [0.25, 0.3) is 0 Å². The van der Waals surface area contributed by atoms with E-state index in [1.165, 1.54) is 4.90 Å². The summed E-state index contributed by atoms with van der Waals surface area (Å²) in [5.41, 5.74) is 5.93. The van der Waals surface area contributed by atoms with Crippen LogP contribution in [0.4, 0.5) is 0 Å². The maximum Gasteiger partial charge on any atom is 0.322 e. The lowest BCUT2D eigenvalue weighted by atomic mass is 10.0. The number of carbonyl (C=O) groups excluding carboxylic acids is 4. The second-order valence-corrected chi connectivity index (χ2v) is 8.54. The van der Waals surface area contributed by atoms with Crippen molar-refractivity contribution in [3.63, 3.8) is 0 Å². The third-order valence-electron chi connectivity index (χ3n) is 5.04. The van der Waals surface area contributed by atoms with Gasteiger partial charge in [-0.1, -0.05) is 27.7 Å². The van der Waals surface area contributed by atoms with Gasteiger partial charge >= 0.3 is 5.97 Å². The Hall–Kier alpha value is -2.69. The van der Waals surface area contributed by atoms with Crippen molar-refractivity contribution >= 4 is 29.6 Å². The van der Waals surface area contributed by atoms with Gasteiger partial charge in [0.2, 0.25) is 23.6 Å². The molecular weight excluding hydrogens is 406 g/mol. The summed E-state index contributed by atoms with van der Waals surface area (Å²) >= 11 is 0. The first-order chi connectivity index (χ1) is 14.4. The summed E-state index contributed by atoms with van der Waals surface area (Å²) in [4.78, 5) is 61.6. The van der Waals surface area contributed by atoms with Crippen LogP contribution in [0.2, 0.25) is 0 Å². The number of aliphatic carboxylic acids is 1. The third kappa shape index (κ3) is 8.52. The molecule has 0 radical (unpaired) electrons. The van der Waals surface area contributed by atoms with Crippen molar-refractivity contribution in [2.45, 2.75) is 65.1 Å². The number of hydrogen-bond donors (Lipinski definition) is 5. The van der Waals surface area contributed by atoms with Gasteiger partial charge in [0.15, 0.2) is 0 Å². The molecule has 0 spiro atoms. The van der Waals surface area contributed by atoms with E-state index in [1.54, 1.807) is 0 Å². The van der Waals surface area contributed by atoms with Crippen LogP contribution in [0, 0.1) is 11.8 Å². The molecule has 31 heavy (non-hydrogen) atoms. The van der Waals surface area contributed by atoms with Crippen LogP contribution in [0.3, 0.4) is 0 Å². The quantitative estimate of drug-likeness (QED) is 0.268. The highest BCUT2D eigenvalue weighted by atomic mass is 16.4. The fraction of sp³-hybridized carbons (Fsp3) is 0.750. The summed E-state index contributed by atoms with van der Waals surface area (Å²) in [6, 6.07) is -2.30. The van der Waals surface area contributed by atoms with Crippen LogP contribution in [0.15, 0.2) is 0 Å². The SMILES string of the molecule is CC(C)C[C@H](NC(=O)CNC(=O)[C@@H]1CCCN1C(=O)[C@@H](N)C(C)C)C(=O)NCC(=O)O. The monoisotopic (exact) mass is 441 g/mol. The number of nitrogens with two attached hydrogens (primary N) is 1. The molecule has 0 aromatic carbocycles. The average molecular weight is 442 g/mol. The van der Waals surface area contributed by atoms with Gasteiger partial charge in [-0.3, -0.25) is 24.0 Å². The molecule has 1 fully saturated rings. The predicted octanol–water partition coefficient (Wildman–Crippen LogP) is -1.19. The highest BCUT2D eigenvalue weighted by Crippen LogP contribution is 2.19. The van der Waals surface area contributed by atoms with Gasteiger partial charge < -0.3 is 31.7 Å². The smallest absolute Gasteiger partial charge is 0.322 e. The summed E-state index contributed by atoms with van der Waals surface area (Å²) in [5, 5.41) is 16.0. The number of carboxylic acid groups (broad SMARTS) is 1. The molecule has 1 saturated heterocycles. The molecule has 176 valence electrons. The molecule has 1 aliphatic rings. The van der Waals surface area contributed by atoms with E-state index in [2.05, 4.69) is 16.0 Å². The van der Waals surface area contributed by atoms with E-state index in [1.807, 2.05) is 27.7 Å². The topological polar surface area (TPSA) is 171 Å². The largest absolute Gasteiger partial charge is 0.480 e. The number of hydrogen-bond acceptors (Lipinski definition) is 6. The Kier molecular flexibility index (Phi) is 10.4. The molecule has 4 amide bonds. The van der Waals surface area contributed by atoms with Crippen molar-refractivity contribution in [1.82, 2.24) is 20.9 Å². The maximum absolute atomic E-state index is 12.6. The Bertz CT molecular complexity index is 681. The Balaban J connectivity index is 2.63. The molecule has 0 aromatic rings. The van der Waals surface area contributed by atoms with Crippen molar-refractivity contribution in [2.75, 3.05) is 19.6 Å². The summed E-state index contributed by atoms with van der Waals surface area (Å²) < 4.78 is 0. The molecule has 0 aliphatic carbocycles. The van der Waals surface area contributed by atoms with Crippen LogP contribution in [-0.4, -0.2) is 77.4 Å². The summed E-state index contributed by atoms with van der Waals surface area (Å²) in [7, 11) is 0. The van der Waals surface area contributed by atoms with Crippen molar-refractivity contribution in [2.24, 2.45) is 17.6 Å². The Morgan fingerprint density at radius 3 is 2.26 bits per heavy atom. The van der Waals surface area contributed by atoms with E-state index in [9.17, 15) is 24.0 Å². The zero-order valence-electron chi connectivity index (χ0n) is 18.6. The van der Waals surface area contributed by atoms with E-state index >= 15 is 0 Å². The van der Waals surface area contributed by atoms with E-state index in [4.69, 9.17) is 10.8 Å². The number of carboxylic acids is 1. The number of nitrogens with zero attached hydrogens (tertiary/aromatic N) is 1. The average Bonchev–Trinajstić information content (AvgIpc) is 3.17. The van der Waals surface area contributed by atoms with E-state index < -0.39 is 48.4 Å². The lowest BCUT2D eigenvalue weighted by molar-refractivity contribution is -0.140. The van der Waals surface area contributed by atoms with Gasteiger partial charge in [0.05, 0.1) is 12.6 Å². The van der Waals surface area contributed by atoms with E-state index in [-0.39, 0.29) is 24.3 Å². The summed E-state index contributed by atoms with van der Waals surface area (Å²) in [6.07, 6.45) is 1.46. The second-order valence-electron chi connectivity index (χ2n) is 8.54. The number of nitrogens with one attached hydrogen (secondary N) is 3. The maximum atomic E-state index is 12.6. The van der Waals surface area contributed by atoms with E-state index in [0.29, 0.717) is 25.8 Å². The van der Waals surface area contributed by atoms with Gasteiger partial charge in [0.1, 0.15) is 18.6 Å². The van der Waals surface area contributed by atoms with Crippen molar-refractivity contribution in [1.29, 1.82) is 0 Å². The number of rotatable bonds is 11. The lowest BCUT2D eigenvalue weighted by Crippen LogP contribution is -2.54. The minimum absolute atomic E-state index is 0.0623. The van der Waals surface area contributed by atoms with Gasteiger partial charge in [-0.05, 0) is 31.1 Å². The normalized spacial score (nSPS) is 17.9. The molecule has 0 saturated carbocycles. The van der Waals surface area contributed by atoms with Crippen LogP contribution in [-0.2, 0) is 24.0 Å². The zero-order valence-corrected chi connectivity index (χ0v) is 18.6. The molecule has 6 N–H and O–H groups in total. The summed E-state index contributed by atoms with van der Waals surface area (Å²) in [5.74, 6) is -3.11. The predicted molar refractivity (Wildman–Crippen MR) is 113 cm³/mol. The molecule has 11 heteroatoms. The Morgan fingerprint density at radius 1 is 1.06 bits per heavy atom. The third-order valence-corrected chi connectivity index (χ3v) is 5.04. The first-order valence-electron chi connectivity index (χ1n) is 10.6. The molecular formula is C20H35N5O6.